The highest BCUT2D eigenvalue weighted by atomic mass is 16.7. The van der Waals surface area contributed by atoms with Crippen LogP contribution in [-0.4, -0.2) is 44.6 Å². The SMILES string of the molecule is CO[C@H]1O[C@H](COCc2ccccc2)[C@@H](C=O)[C@H](OCc2ccccc2)[C@@H]1OCc1ccccc1. The zero-order valence-electron chi connectivity index (χ0n) is 19.9. The largest absolute Gasteiger partial charge is 0.374 e. The third-order valence-electron chi connectivity index (χ3n) is 6.06. The Hall–Kier alpha value is -2.87. The van der Waals surface area contributed by atoms with Crippen LogP contribution >= 0.6 is 0 Å². The highest BCUT2D eigenvalue weighted by Gasteiger charge is 2.47. The molecule has 0 aliphatic carbocycles. The molecular weight excluding hydrogens is 444 g/mol. The lowest BCUT2D eigenvalue weighted by atomic mass is 9.90. The van der Waals surface area contributed by atoms with Crippen molar-refractivity contribution in [2.45, 2.75) is 44.4 Å². The molecule has 1 aliphatic rings. The van der Waals surface area contributed by atoms with Crippen LogP contribution in [0.25, 0.3) is 0 Å². The summed E-state index contributed by atoms with van der Waals surface area (Å²) >= 11 is 0. The van der Waals surface area contributed by atoms with E-state index in [0.717, 1.165) is 23.0 Å². The van der Waals surface area contributed by atoms with Crippen molar-refractivity contribution in [2.75, 3.05) is 13.7 Å². The van der Waals surface area contributed by atoms with Gasteiger partial charge in [-0.1, -0.05) is 91.0 Å². The Bertz CT molecular complexity index is 997. The van der Waals surface area contributed by atoms with E-state index in [9.17, 15) is 4.79 Å². The monoisotopic (exact) mass is 476 g/mol. The van der Waals surface area contributed by atoms with E-state index in [2.05, 4.69) is 0 Å². The summed E-state index contributed by atoms with van der Waals surface area (Å²) < 4.78 is 30.3. The van der Waals surface area contributed by atoms with Crippen LogP contribution in [0.5, 0.6) is 0 Å². The molecule has 0 unspecified atom stereocenters. The van der Waals surface area contributed by atoms with Crippen LogP contribution in [0.2, 0.25) is 0 Å². The second kappa shape index (κ2) is 13.3. The van der Waals surface area contributed by atoms with Gasteiger partial charge in [0.25, 0.3) is 0 Å². The molecule has 0 radical (unpaired) electrons. The normalized spacial score (nSPS) is 24.2. The second-order valence-corrected chi connectivity index (χ2v) is 8.52. The number of methoxy groups -OCH3 is 1. The number of carbonyl (C=O) groups is 1. The topological polar surface area (TPSA) is 63.2 Å². The zero-order chi connectivity index (χ0) is 24.3. The molecular formula is C29H32O6. The summed E-state index contributed by atoms with van der Waals surface area (Å²) in [6.07, 6.45) is -1.51. The molecule has 0 saturated carbocycles. The minimum absolute atomic E-state index is 0.231. The maximum Gasteiger partial charge on any atom is 0.186 e. The standard InChI is InChI=1S/C29H32O6/c1-31-29-28(34-20-24-15-9-4-10-16-24)27(33-19-23-13-7-3-8-14-23)25(17-30)26(35-29)21-32-18-22-11-5-2-6-12-22/h2-17,25-29H,18-21H2,1H3/t25-,26-,27+,28+,29+/m1/s1. The summed E-state index contributed by atoms with van der Waals surface area (Å²) in [7, 11) is 1.57. The third-order valence-corrected chi connectivity index (χ3v) is 6.06. The highest BCUT2D eigenvalue weighted by Crippen LogP contribution is 2.31. The van der Waals surface area contributed by atoms with Crippen molar-refractivity contribution in [3.05, 3.63) is 108 Å². The Morgan fingerprint density at radius 2 is 1.20 bits per heavy atom. The molecule has 1 fully saturated rings. The predicted molar refractivity (Wildman–Crippen MR) is 131 cm³/mol. The average Bonchev–Trinajstić information content (AvgIpc) is 2.92. The quantitative estimate of drug-likeness (QED) is 0.357. The van der Waals surface area contributed by atoms with Crippen LogP contribution in [-0.2, 0) is 48.3 Å². The van der Waals surface area contributed by atoms with Gasteiger partial charge in [-0.15, -0.1) is 0 Å². The first-order valence-corrected chi connectivity index (χ1v) is 11.8. The molecule has 0 spiro atoms. The van der Waals surface area contributed by atoms with Crippen LogP contribution in [0.15, 0.2) is 91.0 Å². The Kier molecular flexibility index (Phi) is 9.57. The second-order valence-electron chi connectivity index (χ2n) is 8.52. The van der Waals surface area contributed by atoms with E-state index in [1.165, 1.54) is 0 Å². The van der Waals surface area contributed by atoms with E-state index in [1.807, 2.05) is 91.0 Å². The lowest BCUT2D eigenvalue weighted by Crippen LogP contribution is -2.58. The molecule has 0 aromatic heterocycles. The molecule has 0 bridgehead atoms. The number of ether oxygens (including phenoxy) is 5. The summed E-state index contributed by atoms with van der Waals surface area (Å²) in [4.78, 5) is 12.3. The van der Waals surface area contributed by atoms with E-state index < -0.39 is 30.5 Å². The third kappa shape index (κ3) is 7.07. The van der Waals surface area contributed by atoms with Gasteiger partial charge >= 0.3 is 0 Å². The number of rotatable bonds is 12. The molecule has 5 atom stereocenters. The number of hydrogen-bond acceptors (Lipinski definition) is 6. The lowest BCUT2D eigenvalue weighted by molar-refractivity contribution is -0.299. The minimum atomic E-state index is -0.707. The lowest BCUT2D eigenvalue weighted by Gasteiger charge is -2.44. The van der Waals surface area contributed by atoms with Crippen molar-refractivity contribution in [1.82, 2.24) is 0 Å². The van der Waals surface area contributed by atoms with Gasteiger partial charge in [0, 0.05) is 7.11 Å². The van der Waals surface area contributed by atoms with Crippen LogP contribution in [0, 0.1) is 5.92 Å². The molecule has 0 N–H and O–H groups in total. The zero-order valence-corrected chi connectivity index (χ0v) is 19.9. The molecule has 1 aliphatic heterocycles. The van der Waals surface area contributed by atoms with Crippen LogP contribution in [0.3, 0.4) is 0 Å². The number of benzene rings is 3. The van der Waals surface area contributed by atoms with Crippen molar-refractivity contribution < 1.29 is 28.5 Å². The molecule has 6 nitrogen and oxygen atoms in total. The van der Waals surface area contributed by atoms with E-state index in [0.29, 0.717) is 19.8 Å². The van der Waals surface area contributed by atoms with Crippen LogP contribution in [0.4, 0.5) is 0 Å². The van der Waals surface area contributed by atoms with E-state index >= 15 is 0 Å². The van der Waals surface area contributed by atoms with Gasteiger partial charge in [-0.3, -0.25) is 0 Å². The fraction of sp³-hybridized carbons (Fsp3) is 0.345. The van der Waals surface area contributed by atoms with Crippen molar-refractivity contribution in [1.29, 1.82) is 0 Å². The number of aldehydes is 1. The molecule has 3 aromatic rings. The fourth-order valence-corrected chi connectivity index (χ4v) is 4.21. The van der Waals surface area contributed by atoms with Gasteiger partial charge in [-0.05, 0) is 16.7 Å². The van der Waals surface area contributed by atoms with E-state index in [4.69, 9.17) is 23.7 Å². The maximum atomic E-state index is 12.3. The molecule has 3 aromatic carbocycles. The molecule has 184 valence electrons. The van der Waals surface area contributed by atoms with Gasteiger partial charge in [0.2, 0.25) is 0 Å². The van der Waals surface area contributed by atoms with Crippen LogP contribution < -0.4 is 0 Å². The van der Waals surface area contributed by atoms with Crippen molar-refractivity contribution in [2.24, 2.45) is 5.92 Å². The molecule has 6 heteroatoms. The van der Waals surface area contributed by atoms with Crippen molar-refractivity contribution in [3.8, 4) is 0 Å². The summed E-state index contributed by atoms with van der Waals surface area (Å²) in [5, 5.41) is 0. The predicted octanol–water partition coefficient (Wildman–Crippen LogP) is 4.56. The van der Waals surface area contributed by atoms with Gasteiger partial charge in [-0.2, -0.15) is 0 Å². The average molecular weight is 477 g/mol. The minimum Gasteiger partial charge on any atom is -0.374 e. The number of hydrogen-bond donors (Lipinski definition) is 0. The summed E-state index contributed by atoms with van der Waals surface area (Å²) in [5.41, 5.74) is 3.08. The Morgan fingerprint density at radius 1 is 0.714 bits per heavy atom. The van der Waals surface area contributed by atoms with Gasteiger partial charge in [0.1, 0.15) is 18.5 Å². The maximum absolute atomic E-state index is 12.3. The van der Waals surface area contributed by atoms with Crippen LogP contribution in [0.1, 0.15) is 16.7 Å². The van der Waals surface area contributed by atoms with Gasteiger partial charge in [0.15, 0.2) is 6.29 Å². The first kappa shape index (κ1) is 25.2. The smallest absolute Gasteiger partial charge is 0.186 e. The first-order valence-electron chi connectivity index (χ1n) is 11.8. The first-order chi connectivity index (χ1) is 17.3. The molecule has 4 rings (SSSR count). The van der Waals surface area contributed by atoms with E-state index in [-0.39, 0.29) is 6.61 Å². The highest BCUT2D eigenvalue weighted by molar-refractivity contribution is 5.56. The molecule has 0 amide bonds. The van der Waals surface area contributed by atoms with E-state index in [1.54, 1.807) is 7.11 Å². The van der Waals surface area contributed by atoms with Crippen molar-refractivity contribution in [3.63, 3.8) is 0 Å². The molecule has 35 heavy (non-hydrogen) atoms. The fourth-order valence-electron chi connectivity index (χ4n) is 4.21. The Morgan fingerprint density at radius 3 is 1.69 bits per heavy atom. The van der Waals surface area contributed by atoms with Gasteiger partial charge in [0.05, 0.1) is 38.4 Å². The Balaban J connectivity index is 1.49. The molecule has 1 saturated heterocycles. The summed E-state index contributed by atoms with van der Waals surface area (Å²) in [5.74, 6) is -0.582. The number of carbonyl (C=O) groups excluding carboxylic acids is 1. The van der Waals surface area contributed by atoms with Crippen molar-refractivity contribution >= 4 is 6.29 Å². The summed E-state index contributed by atoms with van der Waals surface area (Å²) in [6, 6.07) is 29.6. The van der Waals surface area contributed by atoms with Gasteiger partial charge < -0.3 is 28.5 Å². The van der Waals surface area contributed by atoms with Gasteiger partial charge in [-0.25, -0.2) is 0 Å². The summed E-state index contributed by atoms with van der Waals surface area (Å²) in [6.45, 7) is 1.35. The molecule has 1 heterocycles. The Labute approximate surface area is 206 Å².